The SMILES string of the molecule is Cc1cc(Cl)ccc1O[C@@H](C)C(=O)Nc1ccc(F)c(F)c1. The minimum Gasteiger partial charge on any atom is -0.481 e. The largest absolute Gasteiger partial charge is 0.481 e. The first-order valence-electron chi connectivity index (χ1n) is 6.55. The van der Waals surface area contributed by atoms with Crippen LogP contribution in [0, 0.1) is 18.6 Å². The Morgan fingerprint density at radius 1 is 1.18 bits per heavy atom. The zero-order chi connectivity index (χ0) is 16.3. The summed E-state index contributed by atoms with van der Waals surface area (Å²) < 4.78 is 31.5. The van der Waals surface area contributed by atoms with Gasteiger partial charge < -0.3 is 10.1 Å². The molecule has 0 heterocycles. The molecular weight excluding hydrogens is 312 g/mol. The molecule has 0 saturated heterocycles. The van der Waals surface area contributed by atoms with Crippen molar-refractivity contribution in [2.24, 2.45) is 0 Å². The van der Waals surface area contributed by atoms with E-state index in [1.165, 1.54) is 6.07 Å². The molecular formula is C16H14ClF2NO2. The van der Waals surface area contributed by atoms with Crippen molar-refractivity contribution < 1.29 is 18.3 Å². The summed E-state index contributed by atoms with van der Waals surface area (Å²) in [4.78, 5) is 12.0. The van der Waals surface area contributed by atoms with Gasteiger partial charge >= 0.3 is 0 Å². The van der Waals surface area contributed by atoms with Gasteiger partial charge in [0.1, 0.15) is 5.75 Å². The molecule has 2 aromatic carbocycles. The predicted molar refractivity (Wildman–Crippen MR) is 81.3 cm³/mol. The van der Waals surface area contributed by atoms with Gasteiger partial charge in [0.25, 0.3) is 5.91 Å². The average Bonchev–Trinajstić information content (AvgIpc) is 2.45. The average molecular weight is 326 g/mol. The number of amides is 1. The molecule has 0 spiro atoms. The fourth-order valence-electron chi connectivity index (χ4n) is 1.81. The van der Waals surface area contributed by atoms with Crippen LogP contribution in [0.2, 0.25) is 5.02 Å². The summed E-state index contributed by atoms with van der Waals surface area (Å²) in [6, 6.07) is 8.17. The summed E-state index contributed by atoms with van der Waals surface area (Å²) >= 11 is 5.85. The van der Waals surface area contributed by atoms with Gasteiger partial charge in [-0.25, -0.2) is 8.78 Å². The number of anilines is 1. The van der Waals surface area contributed by atoms with E-state index in [-0.39, 0.29) is 5.69 Å². The van der Waals surface area contributed by atoms with Crippen LogP contribution in [0.3, 0.4) is 0 Å². The van der Waals surface area contributed by atoms with E-state index in [1.54, 1.807) is 32.0 Å². The first-order valence-corrected chi connectivity index (χ1v) is 6.93. The third kappa shape index (κ3) is 3.95. The van der Waals surface area contributed by atoms with E-state index in [1.807, 2.05) is 0 Å². The van der Waals surface area contributed by atoms with Crippen LogP contribution in [0.15, 0.2) is 36.4 Å². The lowest BCUT2D eigenvalue weighted by Crippen LogP contribution is -2.30. The normalized spacial score (nSPS) is 11.9. The van der Waals surface area contributed by atoms with Gasteiger partial charge in [-0.1, -0.05) is 11.6 Å². The highest BCUT2D eigenvalue weighted by molar-refractivity contribution is 6.30. The Bertz CT molecular complexity index is 707. The second kappa shape index (κ2) is 6.75. The van der Waals surface area contributed by atoms with Crippen molar-refractivity contribution in [1.29, 1.82) is 0 Å². The number of rotatable bonds is 4. The minimum atomic E-state index is -1.03. The van der Waals surface area contributed by atoms with E-state index in [2.05, 4.69) is 5.32 Å². The van der Waals surface area contributed by atoms with E-state index >= 15 is 0 Å². The van der Waals surface area contributed by atoms with Crippen molar-refractivity contribution in [2.45, 2.75) is 20.0 Å². The number of hydrogen-bond donors (Lipinski definition) is 1. The Balaban J connectivity index is 2.04. The Morgan fingerprint density at radius 3 is 2.55 bits per heavy atom. The van der Waals surface area contributed by atoms with Crippen molar-refractivity contribution in [2.75, 3.05) is 5.32 Å². The van der Waals surface area contributed by atoms with Crippen LogP contribution in [0.25, 0.3) is 0 Å². The molecule has 1 atom stereocenters. The molecule has 0 bridgehead atoms. The summed E-state index contributed by atoms with van der Waals surface area (Å²) in [6.07, 6.45) is -0.812. The highest BCUT2D eigenvalue weighted by Gasteiger charge is 2.16. The lowest BCUT2D eigenvalue weighted by atomic mass is 10.2. The van der Waals surface area contributed by atoms with E-state index in [4.69, 9.17) is 16.3 Å². The number of aryl methyl sites for hydroxylation is 1. The van der Waals surface area contributed by atoms with Crippen LogP contribution in [0.4, 0.5) is 14.5 Å². The maximum Gasteiger partial charge on any atom is 0.265 e. The Kier molecular flexibility index (Phi) is 4.98. The Hall–Kier alpha value is -2.14. The van der Waals surface area contributed by atoms with Crippen LogP contribution in [-0.2, 0) is 4.79 Å². The standard InChI is InChI=1S/C16H14ClF2NO2/c1-9-7-11(17)3-6-15(9)22-10(2)16(21)20-12-4-5-13(18)14(19)8-12/h3-8,10H,1-2H3,(H,20,21)/t10-/m0/s1. The summed E-state index contributed by atoms with van der Waals surface area (Å²) in [6.45, 7) is 3.37. The second-order valence-electron chi connectivity index (χ2n) is 4.79. The van der Waals surface area contributed by atoms with Gasteiger partial charge in [-0.3, -0.25) is 4.79 Å². The van der Waals surface area contributed by atoms with Gasteiger partial charge in [-0.05, 0) is 49.7 Å². The van der Waals surface area contributed by atoms with E-state index in [0.29, 0.717) is 10.8 Å². The van der Waals surface area contributed by atoms with Crippen molar-refractivity contribution in [3.63, 3.8) is 0 Å². The minimum absolute atomic E-state index is 0.159. The smallest absolute Gasteiger partial charge is 0.265 e. The van der Waals surface area contributed by atoms with Crippen LogP contribution in [0.1, 0.15) is 12.5 Å². The molecule has 0 aliphatic carbocycles. The zero-order valence-corrected chi connectivity index (χ0v) is 12.7. The highest BCUT2D eigenvalue weighted by Crippen LogP contribution is 2.23. The zero-order valence-electron chi connectivity index (χ0n) is 12.0. The molecule has 0 fully saturated rings. The molecule has 0 aliphatic rings. The van der Waals surface area contributed by atoms with E-state index in [0.717, 1.165) is 17.7 Å². The topological polar surface area (TPSA) is 38.3 Å². The van der Waals surface area contributed by atoms with Crippen LogP contribution in [0.5, 0.6) is 5.75 Å². The fraction of sp³-hybridized carbons (Fsp3) is 0.188. The van der Waals surface area contributed by atoms with Crippen molar-refractivity contribution >= 4 is 23.2 Å². The maximum atomic E-state index is 13.1. The monoisotopic (exact) mass is 325 g/mol. The van der Waals surface area contributed by atoms with Crippen LogP contribution < -0.4 is 10.1 Å². The highest BCUT2D eigenvalue weighted by atomic mass is 35.5. The van der Waals surface area contributed by atoms with E-state index in [9.17, 15) is 13.6 Å². The molecule has 1 N–H and O–H groups in total. The van der Waals surface area contributed by atoms with Crippen molar-refractivity contribution in [3.8, 4) is 5.75 Å². The third-order valence-electron chi connectivity index (χ3n) is 3.00. The van der Waals surface area contributed by atoms with Gasteiger partial charge in [0, 0.05) is 16.8 Å². The molecule has 0 aromatic heterocycles. The number of hydrogen-bond acceptors (Lipinski definition) is 2. The van der Waals surface area contributed by atoms with E-state index < -0.39 is 23.6 Å². The van der Waals surface area contributed by atoms with Gasteiger partial charge in [0.2, 0.25) is 0 Å². The molecule has 0 saturated carbocycles. The lowest BCUT2D eigenvalue weighted by molar-refractivity contribution is -0.122. The second-order valence-corrected chi connectivity index (χ2v) is 5.22. The van der Waals surface area contributed by atoms with Gasteiger partial charge in [0.05, 0.1) is 0 Å². The number of halogens is 3. The van der Waals surface area contributed by atoms with Gasteiger partial charge in [-0.15, -0.1) is 0 Å². The number of ether oxygens (including phenoxy) is 1. The predicted octanol–water partition coefficient (Wildman–Crippen LogP) is 4.33. The third-order valence-corrected chi connectivity index (χ3v) is 3.23. The fourth-order valence-corrected chi connectivity index (χ4v) is 2.03. The summed E-state index contributed by atoms with van der Waals surface area (Å²) in [5, 5.41) is 3.04. The molecule has 1 amide bonds. The quantitative estimate of drug-likeness (QED) is 0.908. The first kappa shape index (κ1) is 16.2. The maximum absolute atomic E-state index is 13.1. The Labute approximate surface area is 131 Å². The summed E-state index contributed by atoms with van der Waals surface area (Å²) in [5.74, 6) is -1.95. The first-order chi connectivity index (χ1) is 10.4. The number of nitrogens with one attached hydrogen (secondary N) is 1. The molecule has 116 valence electrons. The molecule has 3 nitrogen and oxygen atoms in total. The molecule has 0 radical (unpaired) electrons. The summed E-state index contributed by atoms with van der Waals surface area (Å²) in [5.41, 5.74) is 0.951. The van der Waals surface area contributed by atoms with Crippen molar-refractivity contribution in [3.05, 3.63) is 58.6 Å². The summed E-state index contributed by atoms with van der Waals surface area (Å²) in [7, 11) is 0. The number of benzene rings is 2. The molecule has 22 heavy (non-hydrogen) atoms. The molecule has 0 aliphatic heterocycles. The van der Waals surface area contributed by atoms with Gasteiger partial charge in [-0.2, -0.15) is 0 Å². The van der Waals surface area contributed by atoms with Gasteiger partial charge in [0.15, 0.2) is 17.7 Å². The molecule has 2 aromatic rings. The van der Waals surface area contributed by atoms with Crippen molar-refractivity contribution in [1.82, 2.24) is 0 Å². The molecule has 0 unspecified atom stereocenters. The molecule has 6 heteroatoms. The molecule has 2 rings (SSSR count). The van der Waals surface area contributed by atoms with Crippen LogP contribution in [-0.4, -0.2) is 12.0 Å². The lowest BCUT2D eigenvalue weighted by Gasteiger charge is -2.16. The Morgan fingerprint density at radius 2 is 1.91 bits per heavy atom. The van der Waals surface area contributed by atoms with Crippen LogP contribution >= 0.6 is 11.6 Å². The number of carbonyl (C=O) groups is 1. The number of carbonyl (C=O) groups excluding carboxylic acids is 1.